The molecule has 0 saturated carbocycles. The molecule has 1 fully saturated rings. The van der Waals surface area contributed by atoms with E-state index in [1.807, 2.05) is 13.8 Å². The quantitative estimate of drug-likeness (QED) is 0.705. The summed E-state index contributed by atoms with van der Waals surface area (Å²) in [6, 6.07) is 6.05. The van der Waals surface area contributed by atoms with E-state index in [2.05, 4.69) is 15.4 Å². The van der Waals surface area contributed by atoms with Crippen molar-refractivity contribution in [3.05, 3.63) is 29.8 Å². The molecule has 0 aliphatic carbocycles. The maximum atomic E-state index is 12.2. The summed E-state index contributed by atoms with van der Waals surface area (Å²) >= 11 is 0. The van der Waals surface area contributed by atoms with Crippen molar-refractivity contribution < 1.29 is 13.2 Å². The van der Waals surface area contributed by atoms with E-state index < -0.39 is 10.0 Å². The number of carbonyl (C=O) groups excluding carboxylic acids is 1. The van der Waals surface area contributed by atoms with Gasteiger partial charge in [0, 0.05) is 24.2 Å². The number of rotatable bonds is 6. The van der Waals surface area contributed by atoms with Crippen LogP contribution in [0.2, 0.25) is 0 Å². The molecule has 0 spiro atoms. The van der Waals surface area contributed by atoms with Crippen molar-refractivity contribution >= 4 is 28.3 Å². The zero-order valence-corrected chi connectivity index (χ0v) is 15.7. The lowest BCUT2D eigenvalue weighted by Crippen LogP contribution is -2.45. The number of piperidine rings is 1. The van der Waals surface area contributed by atoms with Crippen LogP contribution in [0.25, 0.3) is 0 Å². The van der Waals surface area contributed by atoms with Gasteiger partial charge < -0.3 is 10.6 Å². The number of nitrogens with one attached hydrogen (secondary N) is 3. The normalized spacial score (nSPS) is 19.2. The first-order chi connectivity index (χ1) is 10.9. The summed E-state index contributed by atoms with van der Waals surface area (Å²) in [5.74, 6) is -0.169. The Hall–Kier alpha value is -1.15. The maximum absolute atomic E-state index is 12.2. The van der Waals surface area contributed by atoms with E-state index in [0.717, 1.165) is 32.4 Å². The molecule has 1 aromatic carbocycles. The van der Waals surface area contributed by atoms with Crippen LogP contribution >= 0.6 is 12.4 Å². The fourth-order valence-electron chi connectivity index (χ4n) is 2.45. The molecular weight excluding hydrogens is 350 g/mol. The number of hydrogen-bond acceptors (Lipinski definition) is 4. The van der Waals surface area contributed by atoms with Gasteiger partial charge in [-0.05, 0) is 57.0 Å². The van der Waals surface area contributed by atoms with Crippen LogP contribution in [0.4, 0.5) is 0 Å². The highest BCUT2D eigenvalue weighted by Crippen LogP contribution is 2.12. The third-order valence-corrected chi connectivity index (χ3v) is 5.63. The second-order valence-corrected chi connectivity index (χ2v) is 7.69. The van der Waals surface area contributed by atoms with Gasteiger partial charge in [0.15, 0.2) is 0 Å². The average molecular weight is 376 g/mol. The lowest BCUT2D eigenvalue weighted by molar-refractivity contribution is 0.0930. The lowest BCUT2D eigenvalue weighted by atomic mass is 10.1. The number of halogens is 1. The minimum Gasteiger partial charge on any atom is -0.348 e. The van der Waals surface area contributed by atoms with Gasteiger partial charge in [0.2, 0.25) is 10.0 Å². The van der Waals surface area contributed by atoms with Crippen molar-refractivity contribution in [3.8, 4) is 0 Å². The molecule has 1 aliphatic heterocycles. The van der Waals surface area contributed by atoms with E-state index >= 15 is 0 Å². The molecule has 1 saturated heterocycles. The van der Waals surface area contributed by atoms with Crippen LogP contribution < -0.4 is 15.4 Å². The number of sulfonamides is 1. The van der Waals surface area contributed by atoms with Gasteiger partial charge in [0.1, 0.15) is 0 Å². The van der Waals surface area contributed by atoms with Crippen LogP contribution in [0, 0.1) is 0 Å². The Kier molecular flexibility index (Phi) is 8.15. The van der Waals surface area contributed by atoms with E-state index in [4.69, 9.17) is 0 Å². The van der Waals surface area contributed by atoms with Crippen molar-refractivity contribution in [1.29, 1.82) is 0 Å². The van der Waals surface area contributed by atoms with Gasteiger partial charge in [0.05, 0.1) is 4.90 Å². The second kappa shape index (κ2) is 9.36. The van der Waals surface area contributed by atoms with E-state index in [0.29, 0.717) is 5.56 Å². The smallest absolute Gasteiger partial charge is 0.251 e. The average Bonchev–Trinajstić information content (AvgIpc) is 2.55. The molecule has 0 radical (unpaired) electrons. The Morgan fingerprint density at radius 1 is 1.33 bits per heavy atom. The zero-order valence-electron chi connectivity index (χ0n) is 14.0. The van der Waals surface area contributed by atoms with Crippen molar-refractivity contribution in [3.63, 3.8) is 0 Å². The highest BCUT2D eigenvalue weighted by molar-refractivity contribution is 7.89. The summed E-state index contributed by atoms with van der Waals surface area (Å²) < 4.78 is 27.0. The molecule has 24 heavy (non-hydrogen) atoms. The Morgan fingerprint density at radius 2 is 2.00 bits per heavy atom. The third kappa shape index (κ3) is 5.73. The number of carbonyl (C=O) groups is 1. The topological polar surface area (TPSA) is 87.3 Å². The van der Waals surface area contributed by atoms with Crippen LogP contribution in [0.3, 0.4) is 0 Å². The molecule has 0 aromatic heterocycles. The Labute approximate surface area is 150 Å². The number of hydrogen-bond donors (Lipinski definition) is 3. The van der Waals surface area contributed by atoms with Gasteiger partial charge in [-0.15, -0.1) is 12.4 Å². The summed E-state index contributed by atoms with van der Waals surface area (Å²) in [4.78, 5) is 12.4. The molecule has 1 heterocycles. The first kappa shape index (κ1) is 20.9. The summed E-state index contributed by atoms with van der Waals surface area (Å²) in [6.07, 6.45) is 2.72. The molecule has 3 N–H and O–H groups in total. The van der Waals surface area contributed by atoms with Crippen molar-refractivity contribution in [2.24, 2.45) is 0 Å². The zero-order chi connectivity index (χ0) is 16.9. The summed E-state index contributed by atoms with van der Waals surface area (Å²) in [5, 5.41) is 6.21. The van der Waals surface area contributed by atoms with Crippen molar-refractivity contribution in [1.82, 2.24) is 15.4 Å². The fourth-order valence-corrected chi connectivity index (χ4v) is 3.77. The van der Waals surface area contributed by atoms with Crippen LogP contribution in [0.5, 0.6) is 0 Å². The van der Waals surface area contributed by atoms with Gasteiger partial charge in [-0.3, -0.25) is 4.79 Å². The highest BCUT2D eigenvalue weighted by atomic mass is 35.5. The van der Waals surface area contributed by atoms with Gasteiger partial charge in [-0.2, -0.15) is 0 Å². The molecule has 1 aromatic rings. The monoisotopic (exact) mass is 375 g/mol. The molecule has 2 unspecified atom stereocenters. The minimum absolute atomic E-state index is 0. The predicted octanol–water partition coefficient (Wildman–Crippen LogP) is 1.67. The molecule has 0 bridgehead atoms. The number of benzene rings is 1. The SMILES string of the molecule is CCC(C)NS(=O)(=O)c1ccc(C(=O)NC2CCCNC2)cc1.Cl. The molecule has 1 aliphatic rings. The third-order valence-electron chi connectivity index (χ3n) is 4.03. The van der Waals surface area contributed by atoms with Crippen LogP contribution in [0.15, 0.2) is 29.2 Å². The summed E-state index contributed by atoms with van der Waals surface area (Å²) in [6.45, 7) is 5.50. The molecule has 6 nitrogen and oxygen atoms in total. The maximum Gasteiger partial charge on any atom is 0.251 e. The predicted molar refractivity (Wildman–Crippen MR) is 97.1 cm³/mol. The lowest BCUT2D eigenvalue weighted by Gasteiger charge is -2.23. The molecule has 1 amide bonds. The molecule has 2 rings (SSSR count). The van der Waals surface area contributed by atoms with Gasteiger partial charge in [-0.25, -0.2) is 13.1 Å². The summed E-state index contributed by atoms with van der Waals surface area (Å²) in [7, 11) is -3.53. The Balaban J connectivity index is 0.00000288. The van der Waals surface area contributed by atoms with E-state index in [9.17, 15) is 13.2 Å². The number of amides is 1. The van der Waals surface area contributed by atoms with E-state index in [1.165, 1.54) is 12.1 Å². The Bertz CT molecular complexity index is 628. The largest absolute Gasteiger partial charge is 0.348 e. The Morgan fingerprint density at radius 3 is 2.54 bits per heavy atom. The van der Waals surface area contributed by atoms with E-state index in [1.54, 1.807) is 12.1 Å². The second-order valence-electron chi connectivity index (χ2n) is 5.97. The van der Waals surface area contributed by atoms with Gasteiger partial charge in [0.25, 0.3) is 5.91 Å². The van der Waals surface area contributed by atoms with Crippen molar-refractivity contribution in [2.75, 3.05) is 13.1 Å². The molecule has 8 heteroatoms. The van der Waals surface area contributed by atoms with Crippen LogP contribution in [-0.4, -0.2) is 39.5 Å². The highest BCUT2D eigenvalue weighted by Gasteiger charge is 2.19. The molecule has 136 valence electrons. The molecule has 2 atom stereocenters. The van der Waals surface area contributed by atoms with Crippen molar-refractivity contribution in [2.45, 2.75) is 50.1 Å². The molecular formula is C16H26ClN3O3S. The summed E-state index contributed by atoms with van der Waals surface area (Å²) in [5.41, 5.74) is 0.470. The minimum atomic E-state index is -3.53. The fraction of sp³-hybridized carbons (Fsp3) is 0.562. The standard InChI is InChI=1S/C16H25N3O3S.ClH/c1-3-12(2)19-23(21,22)15-8-6-13(7-9-15)16(20)18-14-5-4-10-17-11-14;/h6-9,12,14,17,19H,3-5,10-11H2,1-2H3,(H,18,20);1H. The first-order valence-electron chi connectivity index (χ1n) is 8.06. The van der Waals surface area contributed by atoms with Gasteiger partial charge in [-0.1, -0.05) is 6.92 Å². The van der Waals surface area contributed by atoms with E-state index in [-0.39, 0.29) is 35.3 Å². The van der Waals surface area contributed by atoms with Crippen LogP contribution in [0.1, 0.15) is 43.5 Å². The van der Waals surface area contributed by atoms with Gasteiger partial charge >= 0.3 is 0 Å². The van der Waals surface area contributed by atoms with Crippen LogP contribution in [-0.2, 0) is 10.0 Å². The first-order valence-corrected chi connectivity index (χ1v) is 9.54.